The van der Waals surface area contributed by atoms with Gasteiger partial charge in [-0.2, -0.15) is 0 Å². The Morgan fingerprint density at radius 1 is 0.717 bits per heavy atom. The SMILES string of the molecule is COc1ccc(C[C@@H]2NC(=O)[C@H]([C@@H](C)O)NC(=O)[C@@H]3[C@@H]4CCN3C(=O)[C@@H]3Cc5cn(c6ccc(F)cc56)Cc5cn(nn5)Cc5cc(ccc5CNC(=O)CCCCCC(=O)N[C@H](C[NH3+])C(=O)N[C@@H](Cc5cccc(c5)C/C=C/CO4)C(=O)N3)CCNC(=O)[C@]3(C)CCCN3C2=O)cc1. The molecule has 0 unspecified atom stereocenters. The number of allylic oxidation sites excluding steroid dienone is 1. The van der Waals surface area contributed by atoms with Gasteiger partial charge < -0.3 is 71.9 Å². The van der Waals surface area contributed by atoms with Gasteiger partial charge in [0.2, 0.25) is 53.2 Å². The van der Waals surface area contributed by atoms with Crippen LogP contribution in [0.2, 0.25) is 0 Å². The molecule has 0 aliphatic carbocycles. The molecule has 0 spiro atoms. The van der Waals surface area contributed by atoms with E-state index in [9.17, 15) is 24.3 Å². The molecule has 0 saturated carbocycles. The van der Waals surface area contributed by atoms with Crippen molar-refractivity contribution in [1.29, 1.82) is 0 Å². The van der Waals surface area contributed by atoms with Crippen LogP contribution in [-0.4, -0.2) is 182 Å². The van der Waals surface area contributed by atoms with E-state index in [1.54, 1.807) is 66.5 Å². The second-order valence-electron chi connectivity index (χ2n) is 26.6. The maximum Gasteiger partial charge on any atom is 0.249 e. The number of nitrogens with one attached hydrogen (secondary N) is 7. The van der Waals surface area contributed by atoms with E-state index < -0.39 is 107 Å². The van der Waals surface area contributed by atoms with Crippen molar-refractivity contribution in [2.24, 2.45) is 0 Å². The van der Waals surface area contributed by atoms with Gasteiger partial charge in [0.05, 0.1) is 45.2 Å². The molecule has 2 aromatic heterocycles. The topological polar surface area (TPSA) is 346 Å². The van der Waals surface area contributed by atoms with Crippen molar-refractivity contribution in [3.63, 3.8) is 0 Å². The average Bonchev–Trinajstić information content (AvgIpc) is 1.68. The van der Waals surface area contributed by atoms with Crippen LogP contribution in [0.15, 0.2) is 109 Å². The van der Waals surface area contributed by atoms with Crippen molar-refractivity contribution in [2.45, 2.75) is 171 Å². The Labute approximate surface area is 572 Å². The van der Waals surface area contributed by atoms with Gasteiger partial charge in [-0.15, -0.1) is 5.10 Å². The summed E-state index contributed by atoms with van der Waals surface area (Å²) in [5.74, 6) is -5.95. The first-order valence-corrected chi connectivity index (χ1v) is 34.1. The van der Waals surface area contributed by atoms with E-state index in [-0.39, 0.29) is 96.9 Å². The number of methoxy groups -OCH3 is 1. The monoisotopic (exact) mass is 1360 g/mol. The Hall–Kier alpha value is -9.86. The number of ether oxygens (including phenoxy) is 2. The fraction of sp³-hybridized carbons (Fsp3) is 0.458. The van der Waals surface area contributed by atoms with Crippen LogP contribution in [-0.2, 0) is 99.6 Å². The summed E-state index contributed by atoms with van der Waals surface area (Å²) in [6.45, 7) is 3.52. The van der Waals surface area contributed by atoms with Gasteiger partial charge in [0.25, 0.3) is 0 Å². The second-order valence-corrected chi connectivity index (χ2v) is 26.6. The van der Waals surface area contributed by atoms with Gasteiger partial charge in [0.1, 0.15) is 59.6 Å². The van der Waals surface area contributed by atoms with E-state index in [2.05, 4.69) is 53.3 Å². The van der Waals surface area contributed by atoms with Crippen molar-refractivity contribution in [2.75, 3.05) is 39.9 Å². The van der Waals surface area contributed by atoms with Gasteiger partial charge in [-0.3, -0.25) is 43.2 Å². The predicted molar refractivity (Wildman–Crippen MR) is 360 cm³/mol. The molecule has 99 heavy (non-hydrogen) atoms. The first-order chi connectivity index (χ1) is 47.7. The largest absolute Gasteiger partial charge is 0.497 e. The van der Waals surface area contributed by atoms with Crippen molar-refractivity contribution in [3.8, 4) is 5.75 Å². The number of rotatable bonds is 5. The first-order valence-electron chi connectivity index (χ1n) is 34.1. The van der Waals surface area contributed by atoms with Crippen molar-refractivity contribution >= 4 is 64.1 Å². The van der Waals surface area contributed by atoms with Gasteiger partial charge >= 0.3 is 0 Å². The molecule has 9 atom stereocenters. The third-order valence-electron chi connectivity index (χ3n) is 19.5. The zero-order valence-corrected chi connectivity index (χ0v) is 56.1. The van der Waals surface area contributed by atoms with Crippen molar-refractivity contribution in [1.82, 2.24) is 66.6 Å². The lowest BCUT2D eigenvalue weighted by atomic mass is 9.95. The van der Waals surface area contributed by atoms with E-state index in [1.807, 2.05) is 47.0 Å². The molecule has 2 fully saturated rings. The molecule has 11 rings (SSSR count). The van der Waals surface area contributed by atoms with E-state index in [0.29, 0.717) is 84.0 Å². The maximum absolute atomic E-state index is 16.1. The van der Waals surface area contributed by atoms with E-state index in [1.165, 1.54) is 36.0 Å². The smallest absolute Gasteiger partial charge is 0.249 e. The molecule has 2 saturated heterocycles. The van der Waals surface area contributed by atoms with Crippen LogP contribution in [0.3, 0.4) is 0 Å². The highest BCUT2D eigenvalue weighted by Gasteiger charge is 2.49. The highest BCUT2D eigenvalue weighted by atomic mass is 19.1. The molecule has 4 aromatic carbocycles. The third-order valence-corrected chi connectivity index (χ3v) is 19.5. The van der Waals surface area contributed by atoms with E-state index >= 15 is 28.4 Å². The third kappa shape index (κ3) is 17.0. The normalized spacial score (nSPS) is 25.4. The minimum Gasteiger partial charge on any atom is -0.497 e. The molecule has 26 nitrogen and oxygen atoms in total. The summed E-state index contributed by atoms with van der Waals surface area (Å²) in [4.78, 5) is 136. The Morgan fingerprint density at radius 3 is 2.29 bits per heavy atom. The summed E-state index contributed by atoms with van der Waals surface area (Å²) in [5.41, 5.74) is 8.49. The van der Waals surface area contributed by atoms with Gasteiger partial charge in [0, 0.05) is 75.4 Å². The molecule has 524 valence electrons. The van der Waals surface area contributed by atoms with Crippen LogP contribution in [0.4, 0.5) is 4.39 Å². The molecular formula is C72H88FN14O12+. The van der Waals surface area contributed by atoms with Gasteiger partial charge in [-0.05, 0) is 128 Å². The number of aliphatic hydroxyl groups excluding tert-OH is 1. The number of carbonyl (C=O) groups excluding carboxylic acids is 9. The summed E-state index contributed by atoms with van der Waals surface area (Å²) < 4.78 is 31.1. The molecular weight excluding hydrogens is 1270 g/mol. The fourth-order valence-electron chi connectivity index (χ4n) is 14.0. The lowest BCUT2D eigenvalue weighted by Gasteiger charge is -2.37. The number of nitrogens with zero attached hydrogens (tertiary/aromatic N) is 6. The van der Waals surface area contributed by atoms with E-state index in [0.717, 1.165) is 22.3 Å². The molecule has 13 bridgehead atoms. The van der Waals surface area contributed by atoms with Crippen molar-refractivity contribution in [3.05, 3.63) is 160 Å². The van der Waals surface area contributed by atoms with Crippen LogP contribution in [0.5, 0.6) is 5.75 Å². The number of amides is 9. The minimum absolute atomic E-state index is 0.0251. The number of hydrogen-bond acceptors (Lipinski definition) is 14. The fourth-order valence-corrected chi connectivity index (χ4v) is 14.0. The summed E-state index contributed by atoms with van der Waals surface area (Å²) in [7, 11) is 1.51. The number of aliphatic hydroxyl groups is 1. The number of carbonyl (C=O) groups is 9. The molecule has 0 radical (unpaired) electrons. The van der Waals surface area contributed by atoms with Crippen LogP contribution in [0.25, 0.3) is 10.9 Å². The highest BCUT2D eigenvalue weighted by Crippen LogP contribution is 2.32. The zero-order chi connectivity index (χ0) is 69.9. The summed E-state index contributed by atoms with van der Waals surface area (Å²) in [5, 5.41) is 41.3. The lowest BCUT2D eigenvalue weighted by molar-refractivity contribution is -0.370. The van der Waals surface area contributed by atoms with Crippen LogP contribution in [0.1, 0.15) is 110 Å². The quantitative estimate of drug-likeness (QED) is 0.110. The Balaban J connectivity index is 1.04. The maximum atomic E-state index is 16.1. The lowest BCUT2D eigenvalue weighted by Crippen LogP contribution is -2.66. The van der Waals surface area contributed by atoms with Gasteiger partial charge in [-0.25, -0.2) is 9.07 Å². The van der Waals surface area contributed by atoms with Crippen LogP contribution >= 0.6 is 0 Å². The average molecular weight is 1360 g/mol. The first kappa shape index (κ1) is 70.5. The molecule has 27 heteroatoms. The number of fused-ring (bicyclic) bond motifs is 7. The molecule has 9 amide bonds. The van der Waals surface area contributed by atoms with Gasteiger partial charge in [0.15, 0.2) is 6.04 Å². The molecule has 7 heterocycles. The summed E-state index contributed by atoms with van der Waals surface area (Å²) >= 11 is 0. The Kier molecular flexibility index (Phi) is 22.6. The van der Waals surface area contributed by atoms with Gasteiger partial charge in [-0.1, -0.05) is 78.4 Å². The molecule has 11 N–H and O–H groups in total. The number of quaternary nitrogens is 1. The highest BCUT2D eigenvalue weighted by molar-refractivity contribution is 5.99. The molecule has 5 aliphatic rings. The molecule has 6 aromatic rings. The van der Waals surface area contributed by atoms with Crippen molar-refractivity contribution < 1.29 is 67.9 Å². The molecule has 5 aliphatic heterocycles. The summed E-state index contributed by atoms with van der Waals surface area (Å²) in [6, 6.07) is 15.4. The number of halogens is 1. The number of hydrogen-bond donors (Lipinski definition) is 9. The van der Waals surface area contributed by atoms with Crippen LogP contribution < -0.4 is 47.7 Å². The minimum atomic E-state index is -1.76. The second kappa shape index (κ2) is 31.8. The van der Waals surface area contributed by atoms with E-state index in [4.69, 9.17) is 9.47 Å². The Morgan fingerprint density at radius 2 is 1.51 bits per heavy atom. The summed E-state index contributed by atoms with van der Waals surface area (Å²) in [6.07, 6.45) is 7.17. The predicted octanol–water partition coefficient (Wildman–Crippen LogP) is 1.28. The zero-order valence-electron chi connectivity index (χ0n) is 56.1. The Bertz CT molecular complexity index is 4020. The number of aromatic nitrogens is 4. The van der Waals surface area contributed by atoms with Crippen LogP contribution in [0, 0.1) is 5.82 Å². The standard InChI is InChI=1S/C72H87FN14O12/c1-43(88)63-67(93)80-56(33-45-17-21-53(98-3)22-18-45)70(96)87-28-10-26-72(87,2)71(97)75-27-24-46-16-19-48-38-76-61(89)14-5-4-6-15-62(90)77-58(37-74)66(92)78-55-34-47-13-9-12-44(31-47)11-7-8-30-99-60-25-29-86(64(60)68(94)81-63)69(95)57(79-65(55)91)35-50-39-84(59-23-20-51(73)36-54(50)59)41-52-42-85(83-82-52)40-49(48)32-46/h7-9,12-13,16-23,31-32,36,39,42-43,55-58,60,63-64,88H,4-6,10-11,14-15,24-30,33-35,37-38,40-41,74H2,1-3H3,(H,75,97)(H,76,89)(H,77,90)(H,78,92)(H,79,91)(H,80,93)(H,81,94)/p+1/b8-7+/t43-,55+,56+,57+,58-,60+,63+,64+,72+/m1/s1. The number of benzene rings is 4.